The van der Waals surface area contributed by atoms with Crippen LogP contribution in [-0.4, -0.2) is 34.2 Å². The Balaban J connectivity index is -0.0000000696. The molecule has 0 unspecified atom stereocenters. The van der Waals surface area contributed by atoms with Gasteiger partial charge in [-0.2, -0.15) is 0 Å². The zero-order valence-corrected chi connectivity index (χ0v) is 20.9. The van der Waals surface area contributed by atoms with E-state index in [1.165, 1.54) is 0 Å². The molecule has 0 aromatic carbocycles. The molecule has 0 amide bonds. The SMILES string of the molecule is CC(C)(C)C(=O)O.CC(C)(C)C(=O)O.CC(C)N.CC(C)N.[Cl][Pt+2][Cl]. The van der Waals surface area contributed by atoms with Crippen molar-refractivity contribution in [2.75, 3.05) is 0 Å². The van der Waals surface area contributed by atoms with Gasteiger partial charge >= 0.3 is 47.3 Å². The van der Waals surface area contributed by atoms with Crippen molar-refractivity contribution in [1.82, 2.24) is 0 Å². The molecule has 0 aliphatic carbocycles. The van der Waals surface area contributed by atoms with Gasteiger partial charge in [-0.15, -0.1) is 0 Å². The first kappa shape index (κ1) is 36.1. The molecule has 0 spiro atoms. The van der Waals surface area contributed by atoms with Crippen LogP contribution in [-0.2, 0) is 26.1 Å². The molecule has 0 aliphatic heterocycles. The number of carboxylic acids is 2. The van der Waals surface area contributed by atoms with Crippen LogP contribution in [0.2, 0.25) is 0 Å². The summed E-state index contributed by atoms with van der Waals surface area (Å²) in [6.45, 7) is 17.8. The summed E-state index contributed by atoms with van der Waals surface area (Å²) in [6.07, 6.45) is 0. The van der Waals surface area contributed by atoms with Crippen molar-refractivity contribution in [2.24, 2.45) is 22.3 Å². The second-order valence-corrected chi connectivity index (χ2v) is 10.9. The van der Waals surface area contributed by atoms with Crippen molar-refractivity contribution in [3.63, 3.8) is 0 Å². The minimum atomic E-state index is -0.757. The first-order chi connectivity index (χ1) is 10.8. The van der Waals surface area contributed by atoms with Crippen molar-refractivity contribution < 1.29 is 36.3 Å². The number of halogens is 2. The van der Waals surface area contributed by atoms with E-state index in [1.807, 2.05) is 27.7 Å². The van der Waals surface area contributed by atoms with Crippen LogP contribution in [0.1, 0.15) is 69.2 Å². The quantitative estimate of drug-likeness (QED) is 0.334. The van der Waals surface area contributed by atoms with E-state index in [0.29, 0.717) is 12.1 Å². The first-order valence-electron chi connectivity index (χ1n) is 7.57. The van der Waals surface area contributed by atoms with Crippen LogP contribution >= 0.6 is 18.8 Å². The van der Waals surface area contributed by atoms with Crippen molar-refractivity contribution >= 4 is 30.8 Å². The molecular formula is C16H38Cl2N2O4Pt+2. The molecule has 0 saturated carbocycles. The molecule has 0 rings (SSSR count). The van der Waals surface area contributed by atoms with E-state index >= 15 is 0 Å². The Labute approximate surface area is 170 Å². The van der Waals surface area contributed by atoms with Crippen LogP contribution in [0.25, 0.3) is 0 Å². The van der Waals surface area contributed by atoms with Gasteiger partial charge in [-0.1, -0.05) is 27.7 Å². The topological polar surface area (TPSA) is 127 Å². The number of hydrogen-bond acceptors (Lipinski definition) is 4. The van der Waals surface area contributed by atoms with Crippen molar-refractivity contribution in [1.29, 1.82) is 0 Å². The van der Waals surface area contributed by atoms with Gasteiger partial charge in [0, 0.05) is 0 Å². The predicted molar refractivity (Wildman–Crippen MR) is 105 cm³/mol. The van der Waals surface area contributed by atoms with Crippen molar-refractivity contribution in [3.05, 3.63) is 0 Å². The molecule has 25 heavy (non-hydrogen) atoms. The molecule has 0 saturated heterocycles. The molecule has 0 aromatic heterocycles. The van der Waals surface area contributed by atoms with Crippen molar-refractivity contribution in [3.8, 4) is 0 Å². The van der Waals surface area contributed by atoms with Gasteiger partial charge in [-0.3, -0.25) is 9.59 Å². The maximum absolute atomic E-state index is 10.0. The van der Waals surface area contributed by atoms with Gasteiger partial charge in [-0.25, -0.2) is 0 Å². The Morgan fingerprint density at radius 2 is 0.800 bits per heavy atom. The van der Waals surface area contributed by atoms with E-state index in [4.69, 9.17) is 40.5 Å². The normalized spacial score (nSPS) is 10.1. The fourth-order valence-corrected chi connectivity index (χ4v) is 0. The second-order valence-electron chi connectivity index (χ2n) is 7.64. The zero-order chi connectivity index (χ0) is 22.0. The molecule has 0 atom stereocenters. The predicted octanol–water partition coefficient (Wildman–Crippen LogP) is 4.32. The van der Waals surface area contributed by atoms with E-state index in [0.717, 1.165) is 0 Å². The molecule has 0 radical (unpaired) electrons. The maximum atomic E-state index is 10.0. The Morgan fingerprint density at radius 1 is 0.760 bits per heavy atom. The molecule has 0 aromatic rings. The minimum absolute atomic E-state index is 0.333. The Hall–Kier alpha value is 0.128. The number of rotatable bonds is 0. The summed E-state index contributed by atoms with van der Waals surface area (Å²) < 4.78 is 0. The Kier molecular flexibility index (Phi) is 29.5. The molecule has 0 fully saturated rings. The number of carboxylic acid groups (broad SMARTS) is 2. The van der Waals surface area contributed by atoms with E-state index < -0.39 is 39.2 Å². The third-order valence-electron chi connectivity index (χ3n) is 1.28. The monoisotopic (exact) mass is 587 g/mol. The zero-order valence-electron chi connectivity index (χ0n) is 17.1. The van der Waals surface area contributed by atoms with Gasteiger partial charge in [0.15, 0.2) is 0 Å². The molecule has 0 aliphatic rings. The summed E-state index contributed by atoms with van der Waals surface area (Å²) in [7, 11) is 9.75. The van der Waals surface area contributed by atoms with E-state index in [1.54, 1.807) is 41.5 Å². The summed E-state index contributed by atoms with van der Waals surface area (Å²) >= 11 is -0.472. The number of nitrogens with two attached hydrogens (primary N) is 2. The average Bonchev–Trinajstić information content (AvgIpc) is 2.25. The molecule has 6 nitrogen and oxygen atoms in total. The number of aliphatic carboxylic acids is 2. The fourth-order valence-electron chi connectivity index (χ4n) is 0. The molecule has 158 valence electrons. The van der Waals surface area contributed by atoms with E-state index in [9.17, 15) is 9.59 Å². The Bertz CT molecular complexity index is 281. The summed E-state index contributed by atoms with van der Waals surface area (Å²) in [5.74, 6) is -1.51. The average molecular weight is 588 g/mol. The third kappa shape index (κ3) is 80.3. The van der Waals surface area contributed by atoms with E-state index in [2.05, 4.69) is 0 Å². The van der Waals surface area contributed by atoms with Gasteiger partial charge in [0.05, 0.1) is 10.8 Å². The fraction of sp³-hybridized carbons (Fsp3) is 0.875. The van der Waals surface area contributed by atoms with E-state index in [-0.39, 0.29) is 0 Å². The Morgan fingerprint density at radius 3 is 0.800 bits per heavy atom. The molecule has 0 heterocycles. The van der Waals surface area contributed by atoms with Crippen LogP contribution < -0.4 is 11.5 Å². The second kappa shape index (κ2) is 20.4. The van der Waals surface area contributed by atoms with Gasteiger partial charge in [0.25, 0.3) is 0 Å². The standard InChI is InChI=1S/2C5H10O2.2C3H9N.2ClH.Pt/c2*1-5(2,3)4(6)7;2*1-3(2)4;;;/h2*1-3H3,(H,6,7);2*3H,4H2,1-2H3;2*1H;/q;;;;;;+4/p-2. The van der Waals surface area contributed by atoms with Crippen LogP contribution in [0.3, 0.4) is 0 Å². The summed E-state index contributed by atoms with van der Waals surface area (Å²) in [5, 5.41) is 16.5. The third-order valence-corrected chi connectivity index (χ3v) is 1.28. The first-order valence-corrected chi connectivity index (χ1v) is 13.2. The summed E-state index contributed by atoms with van der Waals surface area (Å²) in [6, 6.07) is 0.667. The van der Waals surface area contributed by atoms with Gasteiger partial charge in [0.2, 0.25) is 0 Å². The van der Waals surface area contributed by atoms with Crippen LogP contribution in [0.5, 0.6) is 0 Å². The number of hydrogen-bond donors (Lipinski definition) is 4. The molecule has 0 bridgehead atoms. The summed E-state index contributed by atoms with van der Waals surface area (Å²) in [4.78, 5) is 20.0. The van der Waals surface area contributed by atoms with Crippen LogP contribution in [0.4, 0.5) is 0 Å². The van der Waals surface area contributed by atoms with Crippen molar-refractivity contribution in [2.45, 2.75) is 81.3 Å². The van der Waals surface area contributed by atoms with Gasteiger partial charge in [0.1, 0.15) is 0 Å². The van der Waals surface area contributed by atoms with Crippen LogP contribution in [0.15, 0.2) is 0 Å². The molecular weight excluding hydrogens is 550 g/mol. The number of carbonyl (C=O) groups is 2. The van der Waals surface area contributed by atoms with Gasteiger partial charge < -0.3 is 21.7 Å². The summed E-state index contributed by atoms with van der Waals surface area (Å²) in [5.41, 5.74) is 9.06. The molecule has 6 N–H and O–H groups in total. The van der Waals surface area contributed by atoms with Gasteiger partial charge in [-0.05, 0) is 53.6 Å². The molecule has 9 heteroatoms. The van der Waals surface area contributed by atoms with Crippen LogP contribution in [0, 0.1) is 10.8 Å².